The van der Waals surface area contributed by atoms with Crippen molar-refractivity contribution in [1.82, 2.24) is 0 Å². The van der Waals surface area contributed by atoms with Crippen molar-refractivity contribution >= 4 is 29.1 Å². The van der Waals surface area contributed by atoms with E-state index < -0.39 is 12.2 Å². The van der Waals surface area contributed by atoms with Crippen LogP contribution in [0.2, 0.25) is 5.02 Å². The Morgan fingerprint density at radius 2 is 1.96 bits per heavy atom. The van der Waals surface area contributed by atoms with Crippen LogP contribution in [0.3, 0.4) is 0 Å². The molecule has 0 aromatic heterocycles. The lowest BCUT2D eigenvalue weighted by atomic mass is 9.97. The van der Waals surface area contributed by atoms with Gasteiger partial charge in [0.25, 0.3) is 0 Å². The molecular formula is C21H31ClO3S. The van der Waals surface area contributed by atoms with Gasteiger partial charge in [-0.15, -0.1) is 0 Å². The molecule has 2 N–H and O–H groups in total. The normalized spacial score (nSPS) is 24.2. The van der Waals surface area contributed by atoms with Crippen LogP contribution in [0.1, 0.15) is 57.4 Å². The van der Waals surface area contributed by atoms with E-state index in [9.17, 15) is 15.0 Å². The van der Waals surface area contributed by atoms with Crippen LogP contribution in [0, 0.1) is 5.92 Å². The highest BCUT2D eigenvalue weighted by atomic mass is 35.5. The minimum atomic E-state index is -0.547. The van der Waals surface area contributed by atoms with Gasteiger partial charge in [0.15, 0.2) is 0 Å². The second kappa shape index (κ2) is 11.3. The van der Waals surface area contributed by atoms with Crippen molar-refractivity contribution in [3.63, 3.8) is 0 Å². The summed E-state index contributed by atoms with van der Waals surface area (Å²) in [7, 11) is 0. The fourth-order valence-electron chi connectivity index (χ4n) is 3.64. The number of ketones is 1. The first kappa shape index (κ1) is 21.7. The molecule has 1 aliphatic carbocycles. The third-order valence-electron chi connectivity index (χ3n) is 5.00. The lowest BCUT2D eigenvalue weighted by Gasteiger charge is -2.21. The molecule has 146 valence electrons. The number of thioether (sulfide) groups is 1. The number of benzene rings is 1. The van der Waals surface area contributed by atoms with E-state index >= 15 is 0 Å². The summed E-state index contributed by atoms with van der Waals surface area (Å²) >= 11 is 7.55. The number of carbonyl (C=O) groups excluding carboxylic acids is 1. The Kier molecular flexibility index (Phi) is 9.48. The molecule has 3 nitrogen and oxygen atoms in total. The van der Waals surface area contributed by atoms with E-state index in [0.717, 1.165) is 37.1 Å². The van der Waals surface area contributed by atoms with Gasteiger partial charge in [-0.3, -0.25) is 4.79 Å². The van der Waals surface area contributed by atoms with Gasteiger partial charge in [-0.25, -0.2) is 0 Å². The second-order valence-corrected chi connectivity index (χ2v) is 9.08. The van der Waals surface area contributed by atoms with E-state index in [2.05, 4.69) is 6.07 Å². The lowest BCUT2D eigenvalue weighted by Crippen LogP contribution is -2.25. The molecule has 1 fully saturated rings. The Bertz CT molecular complexity index is 564. The van der Waals surface area contributed by atoms with Crippen molar-refractivity contribution in [3.05, 3.63) is 34.9 Å². The Labute approximate surface area is 166 Å². The molecule has 0 bridgehead atoms. The average Bonchev–Trinajstić information content (AvgIpc) is 2.85. The van der Waals surface area contributed by atoms with Gasteiger partial charge in [-0.1, -0.05) is 49.4 Å². The lowest BCUT2D eigenvalue weighted by molar-refractivity contribution is -0.121. The molecule has 1 aliphatic rings. The molecule has 0 heterocycles. The quantitative estimate of drug-likeness (QED) is 0.532. The highest BCUT2D eigenvalue weighted by Gasteiger charge is 2.41. The van der Waals surface area contributed by atoms with E-state index in [-0.39, 0.29) is 23.4 Å². The Morgan fingerprint density at radius 3 is 2.69 bits per heavy atom. The largest absolute Gasteiger partial charge is 0.393 e. The number of hydrogen-bond acceptors (Lipinski definition) is 4. The van der Waals surface area contributed by atoms with Crippen LogP contribution in [-0.4, -0.2) is 39.2 Å². The summed E-state index contributed by atoms with van der Waals surface area (Å²) in [6.45, 7) is 1.74. The van der Waals surface area contributed by atoms with Gasteiger partial charge in [0.1, 0.15) is 5.78 Å². The first-order valence-electron chi connectivity index (χ1n) is 9.72. The van der Waals surface area contributed by atoms with Crippen molar-refractivity contribution in [3.8, 4) is 0 Å². The number of aliphatic hydroxyl groups excluding tert-OH is 2. The Hall–Kier alpha value is -0.550. The topological polar surface area (TPSA) is 57.5 Å². The summed E-state index contributed by atoms with van der Waals surface area (Å²) in [6.07, 6.45) is 6.94. The average molecular weight is 399 g/mol. The maximum Gasteiger partial charge on any atom is 0.139 e. The van der Waals surface area contributed by atoms with Crippen molar-refractivity contribution in [2.24, 2.45) is 5.92 Å². The molecule has 0 amide bonds. The minimum absolute atomic E-state index is 0.0415. The molecule has 5 heteroatoms. The predicted octanol–water partition coefficient (Wildman–Crippen LogP) is 4.66. The minimum Gasteiger partial charge on any atom is -0.393 e. The van der Waals surface area contributed by atoms with E-state index in [0.29, 0.717) is 5.75 Å². The van der Waals surface area contributed by atoms with E-state index in [4.69, 9.17) is 11.6 Å². The number of aliphatic hydroxyl groups is 2. The van der Waals surface area contributed by atoms with Crippen LogP contribution in [0.5, 0.6) is 0 Å². The first-order valence-corrected chi connectivity index (χ1v) is 11.1. The van der Waals surface area contributed by atoms with Gasteiger partial charge in [0, 0.05) is 28.4 Å². The number of rotatable bonds is 11. The van der Waals surface area contributed by atoms with Crippen LogP contribution in [-0.2, 0) is 11.2 Å². The molecule has 0 spiro atoms. The zero-order chi connectivity index (χ0) is 18.9. The molecule has 0 saturated heterocycles. The third-order valence-corrected chi connectivity index (χ3v) is 6.94. The van der Waals surface area contributed by atoms with Crippen molar-refractivity contribution in [1.29, 1.82) is 0 Å². The fourth-order valence-corrected chi connectivity index (χ4v) is 5.20. The summed E-state index contributed by atoms with van der Waals surface area (Å²) in [5.74, 6) is 0.733. The predicted molar refractivity (Wildman–Crippen MR) is 110 cm³/mol. The number of carbonyl (C=O) groups is 1. The monoisotopic (exact) mass is 398 g/mol. The summed E-state index contributed by atoms with van der Waals surface area (Å²) in [4.78, 5) is 12.1. The molecule has 1 aromatic carbocycles. The molecule has 1 saturated carbocycles. The van der Waals surface area contributed by atoms with Crippen LogP contribution in [0.4, 0.5) is 0 Å². The van der Waals surface area contributed by atoms with Crippen LogP contribution in [0.25, 0.3) is 0 Å². The van der Waals surface area contributed by atoms with Gasteiger partial charge in [0.05, 0.1) is 12.2 Å². The molecular weight excluding hydrogens is 368 g/mol. The van der Waals surface area contributed by atoms with E-state index in [1.54, 1.807) is 18.7 Å². The summed E-state index contributed by atoms with van der Waals surface area (Å²) in [5, 5.41) is 20.3. The third kappa shape index (κ3) is 7.22. The van der Waals surface area contributed by atoms with Crippen molar-refractivity contribution < 1.29 is 15.0 Å². The molecule has 26 heavy (non-hydrogen) atoms. The number of Topliss-reactive ketones (excluding diaryl/α,β-unsaturated/α-hetero) is 1. The van der Waals surface area contributed by atoms with Crippen LogP contribution in [0.15, 0.2) is 24.3 Å². The van der Waals surface area contributed by atoms with Crippen molar-refractivity contribution in [2.75, 3.05) is 5.75 Å². The summed E-state index contributed by atoms with van der Waals surface area (Å²) in [5.41, 5.74) is 1.29. The smallest absolute Gasteiger partial charge is 0.139 e. The zero-order valence-corrected chi connectivity index (χ0v) is 17.1. The Morgan fingerprint density at radius 1 is 1.23 bits per heavy atom. The summed E-state index contributed by atoms with van der Waals surface area (Å²) < 4.78 is 0. The highest BCUT2D eigenvalue weighted by molar-refractivity contribution is 8.00. The molecule has 1 aromatic rings. The molecule has 4 atom stereocenters. The highest BCUT2D eigenvalue weighted by Crippen LogP contribution is 2.36. The molecule has 2 rings (SSSR count). The number of halogens is 1. The first-order chi connectivity index (χ1) is 12.5. The standard InChI is InChI=1S/C21H31ClO3S/c1-15(23)14-26-21-18(19(24)13-20(21)25)11-6-4-2-3-5-8-16-9-7-10-17(22)12-16/h7,9-10,12,15,18,20-21,23,25H,2-6,8,11,13-14H2,1H3/t15?,18-,20?,21+/m0/s1. The maximum atomic E-state index is 12.1. The van der Waals surface area contributed by atoms with Gasteiger partial charge in [0.2, 0.25) is 0 Å². The molecule has 0 aliphatic heterocycles. The van der Waals surface area contributed by atoms with Gasteiger partial charge >= 0.3 is 0 Å². The van der Waals surface area contributed by atoms with Gasteiger partial charge in [-0.2, -0.15) is 11.8 Å². The molecule has 0 radical (unpaired) electrons. The number of aryl methyl sites for hydroxylation is 1. The number of hydrogen-bond donors (Lipinski definition) is 2. The second-order valence-electron chi connectivity index (χ2n) is 7.43. The Balaban J connectivity index is 1.61. The number of unbranched alkanes of at least 4 members (excludes halogenated alkanes) is 4. The van der Waals surface area contributed by atoms with Crippen LogP contribution < -0.4 is 0 Å². The SMILES string of the molecule is CC(O)CS[C@H]1C(O)CC(=O)[C@@H]1CCCCCCCc1cccc(Cl)c1. The maximum absolute atomic E-state index is 12.1. The zero-order valence-electron chi connectivity index (χ0n) is 15.6. The van der Waals surface area contributed by atoms with Gasteiger partial charge < -0.3 is 10.2 Å². The van der Waals surface area contributed by atoms with Crippen LogP contribution >= 0.6 is 23.4 Å². The fraction of sp³-hybridized carbons (Fsp3) is 0.667. The molecule has 2 unspecified atom stereocenters. The van der Waals surface area contributed by atoms with E-state index in [1.165, 1.54) is 18.4 Å². The summed E-state index contributed by atoms with van der Waals surface area (Å²) in [6, 6.07) is 8.05. The van der Waals surface area contributed by atoms with Crippen molar-refractivity contribution in [2.45, 2.75) is 75.7 Å². The van der Waals surface area contributed by atoms with E-state index in [1.807, 2.05) is 18.2 Å². The van der Waals surface area contributed by atoms with Gasteiger partial charge in [-0.05, 0) is 43.9 Å².